The number of fused-ring (bicyclic) bond motifs is 2. The number of likely N-dealkylation sites (tertiary alicyclic amines) is 1. The van der Waals surface area contributed by atoms with Crippen molar-refractivity contribution in [1.82, 2.24) is 19.9 Å². The van der Waals surface area contributed by atoms with Crippen molar-refractivity contribution in [3.63, 3.8) is 0 Å². The molecule has 1 saturated heterocycles. The minimum absolute atomic E-state index is 0.0485. The molecule has 0 radical (unpaired) electrons. The van der Waals surface area contributed by atoms with Crippen LogP contribution in [0.5, 0.6) is 0 Å². The third kappa shape index (κ3) is 3.44. The van der Waals surface area contributed by atoms with Gasteiger partial charge >= 0.3 is 0 Å². The number of aromatic nitrogens is 3. The average Bonchev–Trinajstić information content (AvgIpc) is 3.15. The van der Waals surface area contributed by atoms with Crippen molar-refractivity contribution in [2.45, 2.75) is 25.2 Å². The van der Waals surface area contributed by atoms with Crippen LogP contribution in [0.4, 0.5) is 4.39 Å². The van der Waals surface area contributed by atoms with E-state index in [0.717, 1.165) is 38.9 Å². The average molecular weight is 390 g/mol. The van der Waals surface area contributed by atoms with Gasteiger partial charge in [-0.1, -0.05) is 24.3 Å². The van der Waals surface area contributed by atoms with E-state index in [1.165, 1.54) is 22.5 Å². The van der Waals surface area contributed by atoms with Crippen LogP contribution in [0.2, 0.25) is 0 Å². The highest BCUT2D eigenvalue weighted by Crippen LogP contribution is 2.26. The Morgan fingerprint density at radius 2 is 1.93 bits per heavy atom. The van der Waals surface area contributed by atoms with Crippen molar-refractivity contribution >= 4 is 21.8 Å². The molecule has 4 aromatic rings. The van der Waals surface area contributed by atoms with Crippen molar-refractivity contribution in [2.24, 2.45) is 0 Å². The number of hydrogen-bond acceptors (Lipinski definition) is 3. The normalized spacial score (nSPS) is 16.0. The Labute approximate surface area is 167 Å². The second kappa shape index (κ2) is 7.44. The van der Waals surface area contributed by atoms with E-state index in [1.54, 1.807) is 12.1 Å². The molecule has 1 aliphatic rings. The van der Waals surface area contributed by atoms with Crippen molar-refractivity contribution < 1.29 is 4.39 Å². The first kappa shape index (κ1) is 18.1. The maximum Gasteiger partial charge on any atom is 0.261 e. The van der Waals surface area contributed by atoms with Crippen LogP contribution in [0.3, 0.4) is 0 Å². The van der Waals surface area contributed by atoms with E-state index in [2.05, 4.69) is 44.2 Å². The van der Waals surface area contributed by atoms with Crippen LogP contribution in [0.15, 0.2) is 53.5 Å². The van der Waals surface area contributed by atoms with Gasteiger partial charge in [-0.15, -0.1) is 0 Å². The van der Waals surface area contributed by atoms with Gasteiger partial charge in [-0.05, 0) is 56.1 Å². The van der Waals surface area contributed by atoms with Crippen LogP contribution in [0, 0.1) is 5.82 Å². The third-order valence-corrected chi connectivity index (χ3v) is 6.05. The predicted molar refractivity (Wildman–Crippen MR) is 113 cm³/mol. The lowest BCUT2D eigenvalue weighted by molar-refractivity contribution is 0.211. The van der Waals surface area contributed by atoms with E-state index < -0.39 is 5.82 Å². The lowest BCUT2D eigenvalue weighted by Gasteiger charge is -2.31. The van der Waals surface area contributed by atoms with Crippen LogP contribution in [0.1, 0.15) is 30.1 Å². The zero-order valence-electron chi connectivity index (χ0n) is 16.1. The fourth-order valence-electron chi connectivity index (χ4n) is 4.41. The largest absolute Gasteiger partial charge is 0.361 e. The topological polar surface area (TPSA) is 64.8 Å². The highest BCUT2D eigenvalue weighted by Gasteiger charge is 2.23. The summed E-state index contributed by atoms with van der Waals surface area (Å²) in [6.45, 7) is 2.96. The van der Waals surface area contributed by atoms with Gasteiger partial charge in [-0.3, -0.25) is 4.79 Å². The number of rotatable bonds is 4. The highest BCUT2D eigenvalue weighted by atomic mass is 19.1. The summed E-state index contributed by atoms with van der Waals surface area (Å²) in [6, 6.07) is 13.0. The van der Waals surface area contributed by atoms with Crippen LogP contribution in [-0.4, -0.2) is 39.5 Å². The number of benzene rings is 2. The molecule has 2 aromatic heterocycles. The van der Waals surface area contributed by atoms with E-state index in [-0.39, 0.29) is 16.9 Å². The summed E-state index contributed by atoms with van der Waals surface area (Å²) in [5.74, 6) is 0.374. The maximum atomic E-state index is 13.9. The van der Waals surface area contributed by atoms with Gasteiger partial charge < -0.3 is 14.9 Å². The monoisotopic (exact) mass is 390 g/mol. The van der Waals surface area contributed by atoms with E-state index >= 15 is 0 Å². The summed E-state index contributed by atoms with van der Waals surface area (Å²) < 4.78 is 13.9. The molecule has 1 aliphatic heterocycles. The molecule has 2 N–H and O–H groups in total. The van der Waals surface area contributed by atoms with E-state index in [0.29, 0.717) is 11.3 Å². The number of halogens is 1. The molecule has 0 unspecified atom stereocenters. The molecule has 2 aromatic carbocycles. The van der Waals surface area contributed by atoms with E-state index in [1.807, 2.05) is 6.07 Å². The summed E-state index contributed by atoms with van der Waals surface area (Å²) in [6.07, 6.45) is 5.01. The Morgan fingerprint density at radius 1 is 1.10 bits per heavy atom. The van der Waals surface area contributed by atoms with Gasteiger partial charge in [0.05, 0.1) is 5.52 Å². The van der Waals surface area contributed by atoms with E-state index in [9.17, 15) is 9.18 Å². The van der Waals surface area contributed by atoms with Crippen LogP contribution in [0.25, 0.3) is 21.8 Å². The number of hydrogen-bond donors (Lipinski definition) is 2. The van der Waals surface area contributed by atoms with E-state index in [4.69, 9.17) is 0 Å². The summed E-state index contributed by atoms with van der Waals surface area (Å²) in [7, 11) is 0. The molecular formula is C23H23FN4O. The number of nitrogens with one attached hydrogen (secondary N) is 2. The molecule has 0 atom stereocenters. The number of piperidine rings is 1. The first-order valence-corrected chi connectivity index (χ1v) is 10.1. The SMILES string of the molecule is O=c1[nH]c(C2CCN(CCc3c[nH]c4ccccc34)CC2)nc2cccc(F)c12. The smallest absolute Gasteiger partial charge is 0.261 e. The standard InChI is InChI=1S/C23H23FN4O/c24-18-5-3-7-20-21(18)23(29)27-22(26-20)15-8-11-28(12-9-15)13-10-16-14-25-19-6-2-1-4-17(16)19/h1-7,14-15,25H,8-13H2,(H,26,27,29). The zero-order valence-corrected chi connectivity index (χ0v) is 16.1. The van der Waals surface area contributed by atoms with Gasteiger partial charge in [-0.2, -0.15) is 0 Å². The third-order valence-electron chi connectivity index (χ3n) is 6.05. The van der Waals surface area contributed by atoms with Crippen LogP contribution in [-0.2, 0) is 6.42 Å². The molecule has 0 amide bonds. The molecule has 0 saturated carbocycles. The van der Waals surface area contributed by atoms with Gasteiger partial charge in [0, 0.05) is 29.6 Å². The van der Waals surface area contributed by atoms with Gasteiger partial charge in [0.1, 0.15) is 17.0 Å². The summed E-state index contributed by atoms with van der Waals surface area (Å²) in [5, 5.41) is 1.35. The minimum Gasteiger partial charge on any atom is -0.361 e. The second-order valence-electron chi connectivity index (χ2n) is 7.81. The maximum absolute atomic E-state index is 13.9. The molecule has 5 nitrogen and oxygen atoms in total. The molecule has 148 valence electrons. The summed E-state index contributed by atoms with van der Waals surface area (Å²) >= 11 is 0. The molecule has 3 heterocycles. The molecule has 0 spiro atoms. The lowest BCUT2D eigenvalue weighted by atomic mass is 9.95. The Kier molecular flexibility index (Phi) is 4.64. The van der Waals surface area contributed by atoms with Crippen molar-refractivity contribution in [3.8, 4) is 0 Å². The quantitative estimate of drug-likeness (QED) is 0.554. The number of aromatic amines is 2. The van der Waals surface area contributed by atoms with Gasteiger partial charge in [-0.25, -0.2) is 9.37 Å². The van der Waals surface area contributed by atoms with Gasteiger partial charge in [0.25, 0.3) is 5.56 Å². The lowest BCUT2D eigenvalue weighted by Crippen LogP contribution is -2.35. The number of nitrogens with zero attached hydrogens (tertiary/aromatic N) is 2. The molecule has 0 aliphatic carbocycles. The Morgan fingerprint density at radius 3 is 2.79 bits per heavy atom. The van der Waals surface area contributed by atoms with Crippen molar-refractivity contribution in [3.05, 3.63) is 76.2 Å². The molecular weight excluding hydrogens is 367 g/mol. The fourth-order valence-corrected chi connectivity index (χ4v) is 4.41. The minimum atomic E-state index is -0.519. The van der Waals surface area contributed by atoms with Gasteiger partial charge in [0.15, 0.2) is 0 Å². The first-order chi connectivity index (χ1) is 14.2. The summed E-state index contributed by atoms with van der Waals surface area (Å²) in [4.78, 5) is 25.5. The van der Waals surface area contributed by atoms with Gasteiger partial charge in [0.2, 0.25) is 0 Å². The molecule has 29 heavy (non-hydrogen) atoms. The molecule has 1 fully saturated rings. The van der Waals surface area contributed by atoms with Crippen LogP contribution < -0.4 is 5.56 Å². The fraction of sp³-hybridized carbons (Fsp3) is 0.304. The molecule has 5 rings (SSSR count). The molecule has 6 heteroatoms. The Bertz CT molecular complexity index is 1220. The zero-order chi connectivity index (χ0) is 19.8. The first-order valence-electron chi connectivity index (χ1n) is 10.1. The number of H-pyrrole nitrogens is 2. The molecule has 0 bridgehead atoms. The predicted octanol–water partition coefficient (Wildman–Crippen LogP) is 3.97. The second-order valence-corrected chi connectivity index (χ2v) is 7.81. The summed E-state index contributed by atoms with van der Waals surface area (Å²) in [5.41, 5.74) is 2.59. The van der Waals surface area contributed by atoms with Crippen molar-refractivity contribution in [1.29, 1.82) is 0 Å². The van der Waals surface area contributed by atoms with Crippen LogP contribution >= 0.6 is 0 Å². The Balaban J connectivity index is 1.25. The Hall–Kier alpha value is -2.99. The highest BCUT2D eigenvalue weighted by molar-refractivity contribution is 5.83. The number of para-hydroxylation sites is 1. The van der Waals surface area contributed by atoms with Crippen molar-refractivity contribution in [2.75, 3.05) is 19.6 Å².